The summed E-state index contributed by atoms with van der Waals surface area (Å²) < 4.78 is 6.20. The van der Waals surface area contributed by atoms with Crippen molar-refractivity contribution in [3.05, 3.63) is 25.4 Å². The van der Waals surface area contributed by atoms with E-state index in [4.69, 9.17) is 4.74 Å². The fraction of sp³-hybridized carbons (Fsp3) is 0.714. The van der Waals surface area contributed by atoms with E-state index in [0.29, 0.717) is 15.3 Å². The summed E-state index contributed by atoms with van der Waals surface area (Å²) in [4.78, 5) is 19.5. The summed E-state index contributed by atoms with van der Waals surface area (Å²) in [6, 6.07) is 0. The summed E-state index contributed by atoms with van der Waals surface area (Å²) in [7, 11) is 1.65. The topological polar surface area (TPSA) is 55.0 Å². The van der Waals surface area contributed by atoms with Gasteiger partial charge in [-0.25, -0.2) is 4.98 Å². The molecule has 0 saturated carbocycles. The number of nitrogens with one attached hydrogen (secondary N) is 1. The molecule has 1 rings (SSSR count). The van der Waals surface area contributed by atoms with Crippen molar-refractivity contribution in [2.24, 2.45) is 11.3 Å². The Hall–Kier alpha value is -0.430. The molecule has 1 heterocycles. The number of rotatable bonds is 4. The lowest BCUT2D eigenvalue weighted by molar-refractivity contribution is 0.00827. The van der Waals surface area contributed by atoms with E-state index >= 15 is 0 Å². The fourth-order valence-corrected chi connectivity index (χ4v) is 2.52. The van der Waals surface area contributed by atoms with Gasteiger partial charge in [0.05, 0.1) is 9.26 Å². The predicted molar refractivity (Wildman–Crippen MR) is 85.3 cm³/mol. The highest BCUT2D eigenvalue weighted by atomic mass is 127. The first-order chi connectivity index (χ1) is 8.66. The van der Waals surface area contributed by atoms with Crippen LogP contribution in [0.4, 0.5) is 0 Å². The highest BCUT2D eigenvalue weighted by Crippen LogP contribution is 2.33. The van der Waals surface area contributed by atoms with Crippen LogP contribution in [0.5, 0.6) is 0 Å². The molecule has 4 nitrogen and oxygen atoms in total. The lowest BCUT2D eigenvalue weighted by Crippen LogP contribution is -2.27. The van der Waals surface area contributed by atoms with Gasteiger partial charge >= 0.3 is 0 Å². The predicted octanol–water partition coefficient (Wildman–Crippen LogP) is 3.31. The zero-order chi connectivity index (χ0) is 14.8. The fourth-order valence-electron chi connectivity index (χ4n) is 2.05. The molecule has 0 fully saturated rings. The summed E-state index contributed by atoms with van der Waals surface area (Å²) in [5, 5.41) is 0. The molecule has 1 unspecified atom stereocenters. The van der Waals surface area contributed by atoms with E-state index in [-0.39, 0.29) is 17.1 Å². The number of nitrogens with zero attached hydrogens (tertiary/aromatic N) is 1. The van der Waals surface area contributed by atoms with Gasteiger partial charge < -0.3 is 9.72 Å². The van der Waals surface area contributed by atoms with E-state index in [0.717, 1.165) is 12.1 Å². The molecule has 1 atom stereocenters. The lowest BCUT2D eigenvalue weighted by atomic mass is 9.88. The minimum Gasteiger partial charge on any atom is -0.373 e. The number of aromatic amines is 1. The third-order valence-electron chi connectivity index (χ3n) is 2.82. The number of ether oxygens (including phenoxy) is 1. The van der Waals surface area contributed by atoms with Gasteiger partial charge in [0.2, 0.25) is 0 Å². The van der Waals surface area contributed by atoms with E-state index < -0.39 is 0 Å². The number of aromatic nitrogens is 2. The standard InChI is InChI=1S/C14H23IN2O2/c1-8(2)7-9-10(15)13(18)17-12(16-9)11(19-6)14(3,4)5/h8,11H,7H2,1-6H3,(H,16,17,18). The van der Waals surface area contributed by atoms with Gasteiger partial charge in [-0.2, -0.15) is 0 Å². The second-order valence-electron chi connectivity index (χ2n) is 6.29. The molecule has 0 radical (unpaired) electrons. The number of halogens is 1. The van der Waals surface area contributed by atoms with Gasteiger partial charge in [0, 0.05) is 7.11 Å². The maximum Gasteiger partial charge on any atom is 0.264 e. The quantitative estimate of drug-likeness (QED) is 0.818. The van der Waals surface area contributed by atoms with Crippen molar-refractivity contribution in [3.8, 4) is 0 Å². The molecule has 0 saturated heterocycles. The summed E-state index contributed by atoms with van der Waals surface area (Å²) in [6.45, 7) is 10.5. The number of hydrogen-bond donors (Lipinski definition) is 1. The molecule has 0 aliphatic carbocycles. The smallest absolute Gasteiger partial charge is 0.264 e. The average molecular weight is 378 g/mol. The molecule has 0 bridgehead atoms. The van der Waals surface area contributed by atoms with Crippen LogP contribution in [0.2, 0.25) is 0 Å². The first-order valence-electron chi connectivity index (χ1n) is 6.48. The van der Waals surface area contributed by atoms with E-state index in [1.807, 2.05) is 0 Å². The molecule has 19 heavy (non-hydrogen) atoms. The molecule has 1 N–H and O–H groups in total. The molecule has 0 aliphatic rings. The van der Waals surface area contributed by atoms with E-state index in [1.54, 1.807) is 7.11 Å². The van der Waals surface area contributed by atoms with Gasteiger partial charge in [0.1, 0.15) is 11.9 Å². The van der Waals surface area contributed by atoms with Gasteiger partial charge in [-0.3, -0.25) is 4.79 Å². The number of H-pyrrole nitrogens is 1. The third-order valence-corrected chi connectivity index (χ3v) is 3.93. The molecule has 5 heteroatoms. The molecule has 1 aromatic heterocycles. The van der Waals surface area contributed by atoms with Gasteiger partial charge in [-0.05, 0) is 40.3 Å². The van der Waals surface area contributed by atoms with E-state index in [1.165, 1.54) is 0 Å². The van der Waals surface area contributed by atoms with E-state index in [2.05, 4.69) is 67.2 Å². The van der Waals surface area contributed by atoms with Crippen molar-refractivity contribution in [1.29, 1.82) is 0 Å². The second-order valence-corrected chi connectivity index (χ2v) is 7.37. The van der Waals surface area contributed by atoms with Crippen molar-refractivity contribution in [3.63, 3.8) is 0 Å². The molecule has 0 aliphatic heterocycles. The summed E-state index contributed by atoms with van der Waals surface area (Å²) in [5.41, 5.74) is 0.667. The van der Waals surface area contributed by atoms with Gasteiger partial charge in [0.15, 0.2) is 0 Å². The molecule has 0 spiro atoms. The van der Waals surface area contributed by atoms with Crippen LogP contribution in [0.3, 0.4) is 0 Å². The molecule has 0 aromatic carbocycles. The van der Waals surface area contributed by atoms with Crippen LogP contribution in [0.15, 0.2) is 4.79 Å². The molecule has 0 amide bonds. The van der Waals surface area contributed by atoms with Crippen LogP contribution in [-0.4, -0.2) is 17.1 Å². The average Bonchev–Trinajstić information content (AvgIpc) is 2.23. The van der Waals surface area contributed by atoms with Crippen molar-refractivity contribution < 1.29 is 4.74 Å². The van der Waals surface area contributed by atoms with Gasteiger partial charge in [0.25, 0.3) is 5.56 Å². The summed E-state index contributed by atoms with van der Waals surface area (Å²) in [6.07, 6.45) is 0.582. The number of methoxy groups -OCH3 is 1. The Morgan fingerprint density at radius 1 is 1.37 bits per heavy atom. The van der Waals surface area contributed by atoms with Crippen molar-refractivity contribution in [1.82, 2.24) is 9.97 Å². The third kappa shape index (κ3) is 4.27. The van der Waals surface area contributed by atoms with Crippen LogP contribution in [0.25, 0.3) is 0 Å². The highest BCUT2D eigenvalue weighted by Gasteiger charge is 2.29. The normalized spacial score (nSPS) is 13.9. The van der Waals surface area contributed by atoms with Gasteiger partial charge in [-0.1, -0.05) is 34.6 Å². The SMILES string of the molecule is COC(c1nc(CC(C)C)c(I)c(=O)[nH]1)C(C)(C)C. The summed E-state index contributed by atoms with van der Waals surface area (Å²) >= 11 is 2.06. The van der Waals surface area contributed by atoms with Crippen molar-refractivity contribution in [2.75, 3.05) is 7.11 Å². The largest absolute Gasteiger partial charge is 0.373 e. The summed E-state index contributed by atoms with van der Waals surface area (Å²) in [5.74, 6) is 1.09. The first kappa shape index (κ1) is 16.6. The Morgan fingerprint density at radius 3 is 2.37 bits per heavy atom. The van der Waals surface area contributed by atoms with Crippen LogP contribution in [0.1, 0.15) is 52.2 Å². The molecular formula is C14H23IN2O2. The Bertz CT molecular complexity index is 489. The van der Waals surface area contributed by atoms with Crippen LogP contribution in [-0.2, 0) is 11.2 Å². The van der Waals surface area contributed by atoms with Gasteiger partial charge in [-0.15, -0.1) is 0 Å². The first-order valence-corrected chi connectivity index (χ1v) is 7.56. The zero-order valence-corrected chi connectivity index (χ0v) is 14.7. The Balaban J connectivity index is 3.30. The maximum absolute atomic E-state index is 12.0. The van der Waals surface area contributed by atoms with Crippen LogP contribution in [0, 0.1) is 14.9 Å². The Kier molecular flexibility index (Phi) is 5.55. The lowest BCUT2D eigenvalue weighted by Gasteiger charge is -2.28. The zero-order valence-electron chi connectivity index (χ0n) is 12.5. The number of hydrogen-bond acceptors (Lipinski definition) is 3. The maximum atomic E-state index is 12.0. The highest BCUT2D eigenvalue weighted by molar-refractivity contribution is 14.1. The van der Waals surface area contributed by atoms with Crippen LogP contribution < -0.4 is 5.56 Å². The molecule has 108 valence electrons. The monoisotopic (exact) mass is 378 g/mol. The van der Waals surface area contributed by atoms with Crippen molar-refractivity contribution >= 4 is 22.6 Å². The Labute approximate surface area is 128 Å². The minimum atomic E-state index is -0.219. The van der Waals surface area contributed by atoms with E-state index in [9.17, 15) is 4.79 Å². The van der Waals surface area contributed by atoms with Crippen molar-refractivity contribution in [2.45, 2.75) is 47.1 Å². The second kappa shape index (κ2) is 6.35. The Morgan fingerprint density at radius 2 is 1.95 bits per heavy atom. The molecule has 1 aromatic rings. The molecular weight excluding hydrogens is 355 g/mol. The minimum absolute atomic E-state index is 0.0763. The van der Waals surface area contributed by atoms with Crippen LogP contribution >= 0.6 is 22.6 Å².